The number of benzene rings is 1. The van der Waals surface area contributed by atoms with Gasteiger partial charge in [-0.05, 0) is 55.2 Å². The Bertz CT molecular complexity index is 569. The van der Waals surface area contributed by atoms with Gasteiger partial charge in [-0.1, -0.05) is 19.1 Å². The van der Waals surface area contributed by atoms with Crippen LogP contribution in [0.5, 0.6) is 0 Å². The first kappa shape index (κ1) is 14.1. The SMILES string of the molecule is CCc1cccc(NC(=O)[C@@H]2[C@H]3CC[C@@H](C3)[C@@H]2C(=O)O)c1. The summed E-state index contributed by atoms with van der Waals surface area (Å²) in [5.41, 5.74) is 1.93. The van der Waals surface area contributed by atoms with Crippen LogP contribution in [-0.4, -0.2) is 17.0 Å². The van der Waals surface area contributed by atoms with Gasteiger partial charge in [0.15, 0.2) is 0 Å². The van der Waals surface area contributed by atoms with E-state index in [1.807, 2.05) is 24.3 Å². The topological polar surface area (TPSA) is 66.4 Å². The van der Waals surface area contributed by atoms with Crippen molar-refractivity contribution in [1.82, 2.24) is 0 Å². The third-order valence-electron chi connectivity index (χ3n) is 5.11. The van der Waals surface area contributed by atoms with Crippen LogP contribution < -0.4 is 5.32 Å². The fraction of sp³-hybridized carbons (Fsp3) is 0.529. The van der Waals surface area contributed by atoms with Gasteiger partial charge in [-0.2, -0.15) is 0 Å². The largest absolute Gasteiger partial charge is 0.481 e. The average Bonchev–Trinajstić information content (AvgIpc) is 3.07. The Hall–Kier alpha value is -1.84. The number of hydrogen-bond acceptors (Lipinski definition) is 2. The van der Waals surface area contributed by atoms with Crippen molar-refractivity contribution in [2.24, 2.45) is 23.7 Å². The van der Waals surface area contributed by atoms with Crippen LogP contribution in [0.25, 0.3) is 0 Å². The molecule has 3 rings (SSSR count). The normalized spacial score (nSPS) is 30.3. The number of carbonyl (C=O) groups excluding carboxylic acids is 1. The van der Waals surface area contributed by atoms with Crippen LogP contribution >= 0.6 is 0 Å². The Balaban J connectivity index is 1.76. The highest BCUT2D eigenvalue weighted by atomic mass is 16.4. The zero-order valence-electron chi connectivity index (χ0n) is 12.2. The number of nitrogens with one attached hydrogen (secondary N) is 1. The fourth-order valence-electron chi connectivity index (χ4n) is 4.12. The molecule has 2 N–H and O–H groups in total. The maximum Gasteiger partial charge on any atom is 0.307 e. The number of rotatable bonds is 4. The lowest BCUT2D eigenvalue weighted by Gasteiger charge is -2.27. The molecule has 1 amide bonds. The van der Waals surface area contributed by atoms with E-state index in [2.05, 4.69) is 12.2 Å². The van der Waals surface area contributed by atoms with Crippen molar-refractivity contribution in [3.05, 3.63) is 29.8 Å². The molecule has 1 aromatic rings. The molecule has 0 unspecified atom stereocenters. The molecular formula is C17H21NO3. The molecule has 112 valence electrons. The minimum Gasteiger partial charge on any atom is -0.481 e. The van der Waals surface area contributed by atoms with Crippen LogP contribution in [0.3, 0.4) is 0 Å². The second kappa shape index (κ2) is 5.51. The Labute approximate surface area is 124 Å². The number of aliphatic carboxylic acids is 1. The van der Waals surface area contributed by atoms with Gasteiger partial charge in [-0.25, -0.2) is 0 Å². The van der Waals surface area contributed by atoms with Crippen LogP contribution in [0, 0.1) is 23.7 Å². The molecule has 2 fully saturated rings. The van der Waals surface area contributed by atoms with E-state index in [0.29, 0.717) is 0 Å². The van der Waals surface area contributed by atoms with Gasteiger partial charge in [0.2, 0.25) is 5.91 Å². The molecule has 0 radical (unpaired) electrons. The predicted octanol–water partition coefficient (Wildman–Crippen LogP) is 2.93. The summed E-state index contributed by atoms with van der Waals surface area (Å²) >= 11 is 0. The number of carboxylic acids is 1. The molecule has 0 saturated heterocycles. The highest BCUT2D eigenvalue weighted by Crippen LogP contribution is 2.52. The first-order valence-electron chi connectivity index (χ1n) is 7.72. The van der Waals surface area contributed by atoms with E-state index in [9.17, 15) is 14.7 Å². The Morgan fingerprint density at radius 2 is 1.95 bits per heavy atom. The van der Waals surface area contributed by atoms with Gasteiger partial charge in [0.05, 0.1) is 11.8 Å². The van der Waals surface area contributed by atoms with Gasteiger partial charge in [0.25, 0.3) is 0 Å². The first-order valence-corrected chi connectivity index (χ1v) is 7.72. The number of hydrogen-bond donors (Lipinski definition) is 2. The van der Waals surface area contributed by atoms with E-state index in [1.165, 1.54) is 0 Å². The Morgan fingerprint density at radius 3 is 2.62 bits per heavy atom. The van der Waals surface area contributed by atoms with Crippen molar-refractivity contribution in [3.8, 4) is 0 Å². The van der Waals surface area contributed by atoms with Crippen molar-refractivity contribution in [3.63, 3.8) is 0 Å². The monoisotopic (exact) mass is 287 g/mol. The first-order chi connectivity index (χ1) is 10.1. The molecule has 0 aliphatic heterocycles. The van der Waals surface area contributed by atoms with Crippen LogP contribution in [0.2, 0.25) is 0 Å². The molecule has 21 heavy (non-hydrogen) atoms. The van der Waals surface area contributed by atoms with Crippen molar-refractivity contribution < 1.29 is 14.7 Å². The van der Waals surface area contributed by atoms with Gasteiger partial charge < -0.3 is 10.4 Å². The van der Waals surface area contributed by atoms with Crippen LogP contribution in [-0.2, 0) is 16.0 Å². The van der Waals surface area contributed by atoms with Crippen molar-refractivity contribution in [2.75, 3.05) is 5.32 Å². The lowest BCUT2D eigenvalue weighted by atomic mass is 9.78. The average molecular weight is 287 g/mol. The fourth-order valence-corrected chi connectivity index (χ4v) is 4.12. The highest BCUT2D eigenvalue weighted by molar-refractivity contribution is 5.96. The van der Waals surface area contributed by atoms with Crippen LogP contribution in [0.1, 0.15) is 31.7 Å². The minimum absolute atomic E-state index is 0.122. The molecule has 0 heterocycles. The van der Waals surface area contributed by atoms with E-state index in [1.54, 1.807) is 0 Å². The van der Waals surface area contributed by atoms with E-state index in [0.717, 1.165) is 36.9 Å². The second-order valence-electron chi connectivity index (χ2n) is 6.27. The summed E-state index contributed by atoms with van der Waals surface area (Å²) in [5, 5.41) is 12.3. The Morgan fingerprint density at radius 1 is 1.24 bits per heavy atom. The van der Waals surface area contributed by atoms with Crippen molar-refractivity contribution >= 4 is 17.6 Å². The molecule has 2 bridgehead atoms. The van der Waals surface area contributed by atoms with Gasteiger partial charge in [0, 0.05) is 5.69 Å². The van der Waals surface area contributed by atoms with Crippen LogP contribution in [0.15, 0.2) is 24.3 Å². The summed E-state index contributed by atoms with van der Waals surface area (Å²) in [6.07, 6.45) is 3.75. The smallest absolute Gasteiger partial charge is 0.307 e. The Kier molecular flexibility index (Phi) is 3.70. The maximum atomic E-state index is 12.5. The van der Waals surface area contributed by atoms with Crippen molar-refractivity contribution in [1.29, 1.82) is 0 Å². The molecule has 1 aromatic carbocycles. The third kappa shape index (κ3) is 2.55. The van der Waals surface area contributed by atoms with Gasteiger partial charge >= 0.3 is 5.97 Å². The van der Waals surface area contributed by atoms with E-state index in [-0.39, 0.29) is 23.7 Å². The molecular weight excluding hydrogens is 266 g/mol. The number of aryl methyl sites for hydroxylation is 1. The maximum absolute atomic E-state index is 12.5. The third-order valence-corrected chi connectivity index (χ3v) is 5.11. The van der Waals surface area contributed by atoms with Gasteiger partial charge in [0.1, 0.15) is 0 Å². The molecule has 0 spiro atoms. The number of fused-ring (bicyclic) bond motifs is 2. The summed E-state index contributed by atoms with van der Waals surface area (Å²) in [6.45, 7) is 2.07. The molecule has 2 saturated carbocycles. The zero-order chi connectivity index (χ0) is 15.0. The van der Waals surface area contributed by atoms with E-state index in [4.69, 9.17) is 0 Å². The highest BCUT2D eigenvalue weighted by Gasteiger charge is 2.53. The summed E-state index contributed by atoms with van der Waals surface area (Å²) in [6, 6.07) is 7.76. The lowest BCUT2D eigenvalue weighted by Crippen LogP contribution is -2.37. The lowest BCUT2D eigenvalue weighted by molar-refractivity contribution is -0.148. The van der Waals surface area contributed by atoms with Gasteiger partial charge in [-0.15, -0.1) is 0 Å². The number of anilines is 1. The summed E-state index contributed by atoms with van der Waals surface area (Å²) in [7, 11) is 0. The molecule has 2 aliphatic carbocycles. The second-order valence-corrected chi connectivity index (χ2v) is 6.27. The molecule has 0 aromatic heterocycles. The predicted molar refractivity (Wildman–Crippen MR) is 79.9 cm³/mol. The quantitative estimate of drug-likeness (QED) is 0.894. The minimum atomic E-state index is -0.815. The molecule has 4 heteroatoms. The standard InChI is InChI=1S/C17H21NO3/c1-2-10-4-3-5-13(8-10)18-16(19)14-11-6-7-12(9-11)15(14)17(20)21/h3-5,8,11-12,14-15H,2,6-7,9H2,1H3,(H,18,19)(H,20,21)/t11-,12-,14+,15-/m0/s1. The molecule has 4 nitrogen and oxygen atoms in total. The van der Waals surface area contributed by atoms with Crippen LogP contribution in [0.4, 0.5) is 5.69 Å². The number of carbonyl (C=O) groups is 2. The summed E-state index contributed by atoms with van der Waals surface area (Å²) in [4.78, 5) is 24.0. The van der Waals surface area contributed by atoms with Crippen molar-refractivity contribution in [2.45, 2.75) is 32.6 Å². The zero-order valence-corrected chi connectivity index (χ0v) is 12.2. The van der Waals surface area contributed by atoms with E-state index < -0.39 is 11.9 Å². The van der Waals surface area contributed by atoms with Gasteiger partial charge in [-0.3, -0.25) is 9.59 Å². The number of carboxylic acid groups (broad SMARTS) is 1. The number of amides is 1. The molecule has 2 aliphatic rings. The molecule has 4 atom stereocenters. The van der Waals surface area contributed by atoms with E-state index >= 15 is 0 Å². The summed E-state index contributed by atoms with van der Waals surface area (Å²) < 4.78 is 0. The summed E-state index contributed by atoms with van der Waals surface area (Å²) in [5.74, 6) is -1.38.